The summed E-state index contributed by atoms with van der Waals surface area (Å²) in [6.45, 7) is 2.35. The Morgan fingerprint density at radius 1 is 1.33 bits per heavy atom. The highest BCUT2D eigenvalue weighted by atomic mass is 19.3. The van der Waals surface area contributed by atoms with E-state index >= 15 is 8.78 Å². The maximum Gasteiger partial charge on any atom is 0.407 e. The van der Waals surface area contributed by atoms with Crippen LogP contribution in [0.25, 0.3) is 21.5 Å². The first kappa shape index (κ1) is 29.7. The molecule has 224 valence electrons. The van der Waals surface area contributed by atoms with Gasteiger partial charge in [0.25, 0.3) is 11.5 Å². The quantitative estimate of drug-likeness (QED) is 0.132. The molecule has 3 heterocycles. The lowest BCUT2D eigenvalue weighted by molar-refractivity contribution is -0.0836. The fourth-order valence-electron chi connectivity index (χ4n) is 5.73. The number of aryl methyl sites for hydroxylation is 1. The van der Waals surface area contributed by atoms with Crippen LogP contribution in [0.2, 0.25) is 0 Å². The van der Waals surface area contributed by atoms with Crippen LogP contribution in [0.1, 0.15) is 61.8 Å². The van der Waals surface area contributed by atoms with E-state index in [0.29, 0.717) is 47.2 Å². The summed E-state index contributed by atoms with van der Waals surface area (Å²) in [7, 11) is 0. The van der Waals surface area contributed by atoms with E-state index < -0.39 is 29.4 Å². The molecule has 14 heteroatoms. The van der Waals surface area contributed by atoms with E-state index in [1.54, 1.807) is 18.2 Å². The summed E-state index contributed by atoms with van der Waals surface area (Å²) >= 11 is 0. The monoisotopic (exact) mass is 591 g/mol. The minimum Gasteiger partial charge on any atom is -0.465 e. The van der Waals surface area contributed by atoms with Crippen molar-refractivity contribution < 1.29 is 18.7 Å². The van der Waals surface area contributed by atoms with Crippen molar-refractivity contribution >= 4 is 22.9 Å². The Hall–Kier alpha value is -4.76. The molecule has 43 heavy (non-hydrogen) atoms. The summed E-state index contributed by atoms with van der Waals surface area (Å²) in [5.74, 6) is -3.73. The molecule has 0 radical (unpaired) electrons. The minimum atomic E-state index is -3.14. The van der Waals surface area contributed by atoms with Gasteiger partial charge >= 0.3 is 6.09 Å². The van der Waals surface area contributed by atoms with Crippen LogP contribution >= 0.6 is 0 Å². The molecule has 1 aliphatic carbocycles. The first-order valence-corrected chi connectivity index (χ1v) is 14.1. The molecule has 2 aliphatic rings. The minimum absolute atomic E-state index is 0.0692. The number of alkyl halides is 2. The van der Waals surface area contributed by atoms with Crippen molar-refractivity contribution in [1.82, 2.24) is 19.4 Å². The third-order valence-electron chi connectivity index (χ3n) is 8.47. The highest BCUT2D eigenvalue weighted by Crippen LogP contribution is 2.47. The summed E-state index contributed by atoms with van der Waals surface area (Å²) in [4.78, 5) is 37.4. The van der Waals surface area contributed by atoms with Gasteiger partial charge in [-0.3, -0.25) is 9.36 Å². The van der Waals surface area contributed by atoms with Crippen molar-refractivity contribution in [3.63, 3.8) is 0 Å². The van der Waals surface area contributed by atoms with Gasteiger partial charge in [-0.2, -0.15) is 5.26 Å². The number of carbonyl (C=O) groups is 1. The average molecular weight is 592 g/mol. The summed E-state index contributed by atoms with van der Waals surface area (Å²) in [5, 5.41) is 26.3. The molecule has 3 aromatic rings. The molecule has 12 nitrogen and oxygen atoms in total. The van der Waals surface area contributed by atoms with E-state index in [0.717, 1.165) is 4.90 Å². The van der Waals surface area contributed by atoms with Crippen molar-refractivity contribution in [2.45, 2.75) is 63.0 Å². The first-order chi connectivity index (χ1) is 20.6. The molecular weight excluding hydrogens is 560 g/mol. The van der Waals surface area contributed by atoms with Crippen molar-refractivity contribution in [3.05, 3.63) is 74.1 Å². The van der Waals surface area contributed by atoms with Gasteiger partial charge in [0.15, 0.2) is 0 Å². The number of azide groups is 1. The number of amides is 1. The number of piperidine rings is 1. The second-order valence-corrected chi connectivity index (χ2v) is 11.1. The van der Waals surface area contributed by atoms with E-state index in [9.17, 15) is 14.9 Å². The zero-order valence-electron chi connectivity index (χ0n) is 23.6. The maximum atomic E-state index is 15.6. The molecular formula is C29H31F2N9O3. The largest absolute Gasteiger partial charge is 0.465 e. The first-order valence-electron chi connectivity index (χ1n) is 14.1. The number of hydrogen-bond acceptors (Lipinski definition) is 7. The topological polar surface area (TPSA) is 173 Å². The Morgan fingerprint density at radius 2 is 2.07 bits per heavy atom. The molecule has 1 saturated carbocycles. The Balaban J connectivity index is 1.45. The second kappa shape index (κ2) is 11.9. The number of benzene rings is 1. The Morgan fingerprint density at radius 3 is 2.72 bits per heavy atom. The Kier molecular flexibility index (Phi) is 8.19. The second-order valence-electron chi connectivity index (χ2n) is 11.1. The zero-order valence-corrected chi connectivity index (χ0v) is 23.6. The molecule has 5 rings (SSSR count). The number of likely N-dealkylation sites (tertiary alicyclic amines) is 1. The number of nitrogens with one attached hydrogen (secondary N) is 1. The van der Waals surface area contributed by atoms with Gasteiger partial charge in [-0.1, -0.05) is 23.3 Å². The molecule has 1 aromatic carbocycles. The van der Waals surface area contributed by atoms with Gasteiger partial charge in [0, 0.05) is 54.2 Å². The summed E-state index contributed by atoms with van der Waals surface area (Å²) < 4.78 is 32.6. The van der Waals surface area contributed by atoms with Crippen LogP contribution in [-0.2, 0) is 17.9 Å². The van der Waals surface area contributed by atoms with E-state index in [1.165, 1.54) is 23.0 Å². The fourth-order valence-corrected chi connectivity index (χ4v) is 5.73. The highest BCUT2D eigenvalue weighted by Gasteiger charge is 2.47. The number of nitrogens with zero attached hydrogens (tertiary/aromatic N) is 8. The van der Waals surface area contributed by atoms with Crippen LogP contribution in [0.15, 0.2) is 46.6 Å². The van der Waals surface area contributed by atoms with Gasteiger partial charge in [-0.15, -0.1) is 0 Å². The van der Waals surface area contributed by atoms with Gasteiger partial charge in [-0.05, 0) is 62.3 Å². The lowest BCUT2D eigenvalue weighted by Gasteiger charge is -2.35. The number of hydrogen-bond donors (Lipinski definition) is 2. The van der Waals surface area contributed by atoms with E-state index in [2.05, 4.69) is 31.4 Å². The number of fused-ring (bicyclic) bond motifs is 1. The van der Waals surface area contributed by atoms with Gasteiger partial charge < -0.3 is 15.3 Å². The van der Waals surface area contributed by atoms with Crippen LogP contribution < -0.4 is 10.9 Å². The molecule has 2 N–H and O–H groups in total. The van der Waals surface area contributed by atoms with E-state index in [4.69, 9.17) is 10.6 Å². The van der Waals surface area contributed by atoms with Crippen molar-refractivity contribution in [2.24, 2.45) is 11.0 Å². The predicted octanol–water partition coefficient (Wildman–Crippen LogP) is 5.70. The van der Waals surface area contributed by atoms with Gasteiger partial charge in [0.05, 0.1) is 16.9 Å². The SMILES string of the molecule is C[C@@H](Nc1ncnc2c1cc(C1(C#N)CC1)c(=O)n2CCCN=[N+]=[N-])c1cccc(C(F)(F)C2CCN(C(=O)O)CC2)c1. The van der Waals surface area contributed by atoms with Crippen LogP contribution in [0, 0.1) is 17.2 Å². The molecule has 1 saturated heterocycles. The number of anilines is 1. The third-order valence-corrected chi connectivity index (χ3v) is 8.47. The standard InChI is InChI=1S/C29H31F2N9O3/c1-18(19-4-2-5-21(14-19)29(30,31)20-6-12-39(13-7-20)27(42)43)37-24-22-15-23(28(16-32)8-9-28)26(41)40(11-3-10-36-38-33)25(22)35-17-34-24/h2,4-5,14-15,17-18,20H,3,6-13H2,1H3,(H,42,43)(H,34,35,37)/t18-/m1/s1. The van der Waals surface area contributed by atoms with Crippen molar-refractivity contribution in [2.75, 3.05) is 25.0 Å². The fraction of sp³-hybridized carbons (Fsp3) is 0.483. The van der Waals surface area contributed by atoms with Crippen LogP contribution in [-0.4, -0.2) is 50.3 Å². The third kappa shape index (κ3) is 5.81. The summed E-state index contributed by atoms with van der Waals surface area (Å²) in [6, 6.07) is 9.61. The molecule has 2 aromatic heterocycles. The highest BCUT2D eigenvalue weighted by molar-refractivity contribution is 5.87. The summed E-state index contributed by atoms with van der Waals surface area (Å²) in [6.07, 6.45) is 1.87. The number of aromatic nitrogens is 3. The number of carboxylic acid groups (broad SMARTS) is 1. The van der Waals surface area contributed by atoms with Crippen LogP contribution in [0.4, 0.5) is 19.4 Å². The summed E-state index contributed by atoms with van der Waals surface area (Å²) in [5.41, 5.74) is 8.56. The maximum absolute atomic E-state index is 15.6. The number of nitriles is 1. The molecule has 0 spiro atoms. The molecule has 2 fully saturated rings. The van der Waals surface area contributed by atoms with Gasteiger partial charge in [0.1, 0.15) is 17.8 Å². The number of halogens is 2. The lowest BCUT2D eigenvalue weighted by atomic mass is 9.85. The predicted molar refractivity (Wildman–Crippen MR) is 154 cm³/mol. The number of rotatable bonds is 10. The van der Waals surface area contributed by atoms with E-state index in [1.807, 2.05) is 6.92 Å². The van der Waals surface area contributed by atoms with Gasteiger partial charge in [0.2, 0.25) is 0 Å². The van der Waals surface area contributed by atoms with Crippen molar-refractivity contribution in [1.29, 1.82) is 5.26 Å². The Labute approximate surface area is 245 Å². The molecule has 0 bridgehead atoms. The Bertz CT molecular complexity index is 1680. The normalized spacial score (nSPS) is 17.1. The zero-order chi connectivity index (χ0) is 30.8. The van der Waals surface area contributed by atoms with Crippen LogP contribution in [0.3, 0.4) is 0 Å². The van der Waals surface area contributed by atoms with Gasteiger partial charge in [-0.25, -0.2) is 23.5 Å². The number of pyridine rings is 1. The lowest BCUT2D eigenvalue weighted by Crippen LogP contribution is -2.41. The molecule has 1 aliphatic heterocycles. The smallest absolute Gasteiger partial charge is 0.407 e. The van der Waals surface area contributed by atoms with Crippen LogP contribution in [0.5, 0.6) is 0 Å². The average Bonchev–Trinajstić information content (AvgIpc) is 3.81. The molecule has 0 unspecified atom stereocenters. The van der Waals surface area contributed by atoms with Crippen molar-refractivity contribution in [3.8, 4) is 6.07 Å². The molecule has 1 atom stereocenters. The molecule has 1 amide bonds. The van der Waals surface area contributed by atoms with E-state index in [-0.39, 0.29) is 50.1 Å².